The Morgan fingerprint density at radius 1 is 1.50 bits per heavy atom. The fourth-order valence-electron chi connectivity index (χ4n) is 1.58. The third-order valence-corrected chi connectivity index (χ3v) is 3.52. The molecule has 0 fully saturated rings. The zero-order valence-electron chi connectivity index (χ0n) is 9.14. The summed E-state index contributed by atoms with van der Waals surface area (Å²) in [6.45, 7) is 4.12. The predicted molar refractivity (Wildman–Crippen MR) is 68.5 cm³/mol. The van der Waals surface area contributed by atoms with E-state index in [-0.39, 0.29) is 5.91 Å². The fraction of sp³-hybridized carbons (Fsp3) is 0.154. The minimum atomic E-state index is -0.0440. The van der Waals surface area contributed by atoms with Crippen molar-refractivity contribution in [2.24, 2.45) is 0 Å². The first-order valence-electron chi connectivity index (χ1n) is 5.05. The first kappa shape index (κ1) is 10.9. The van der Waals surface area contributed by atoms with Gasteiger partial charge in [-0.15, -0.1) is 11.3 Å². The molecule has 0 aliphatic carbocycles. The molecule has 0 unspecified atom stereocenters. The van der Waals surface area contributed by atoms with Gasteiger partial charge in [-0.3, -0.25) is 4.79 Å². The normalized spacial score (nSPS) is 10.3. The third kappa shape index (κ3) is 2.14. The van der Waals surface area contributed by atoms with Crippen LogP contribution in [-0.4, -0.2) is 17.9 Å². The highest BCUT2D eigenvalue weighted by Gasteiger charge is 2.07. The van der Waals surface area contributed by atoms with Gasteiger partial charge in [0.15, 0.2) is 0 Å². The maximum absolute atomic E-state index is 11.3. The van der Waals surface area contributed by atoms with Gasteiger partial charge in [0.25, 0.3) is 0 Å². The highest BCUT2D eigenvalue weighted by atomic mass is 32.1. The molecule has 0 radical (unpaired) electrons. The summed E-state index contributed by atoms with van der Waals surface area (Å²) in [6.07, 6.45) is 1.34. The quantitative estimate of drug-likeness (QED) is 0.743. The Morgan fingerprint density at radius 2 is 2.25 bits per heavy atom. The number of carbonyl (C=O) groups is 1. The molecule has 3 heteroatoms. The van der Waals surface area contributed by atoms with Crippen molar-refractivity contribution in [3.63, 3.8) is 0 Å². The van der Waals surface area contributed by atoms with E-state index in [1.54, 1.807) is 23.3 Å². The van der Waals surface area contributed by atoms with E-state index in [0.29, 0.717) is 6.54 Å². The minimum Gasteiger partial charge on any atom is -0.337 e. The number of hydrogen-bond acceptors (Lipinski definition) is 2. The molecule has 1 aromatic heterocycles. The molecule has 2 aromatic rings. The van der Waals surface area contributed by atoms with Crippen molar-refractivity contribution in [1.82, 2.24) is 4.90 Å². The van der Waals surface area contributed by atoms with Crippen LogP contribution in [0.3, 0.4) is 0 Å². The highest BCUT2D eigenvalue weighted by Crippen LogP contribution is 2.25. The molecule has 0 saturated heterocycles. The van der Waals surface area contributed by atoms with Gasteiger partial charge >= 0.3 is 0 Å². The zero-order chi connectivity index (χ0) is 11.5. The van der Waals surface area contributed by atoms with Gasteiger partial charge < -0.3 is 4.90 Å². The summed E-state index contributed by atoms with van der Waals surface area (Å²) in [6, 6.07) is 10.4. The lowest BCUT2D eigenvalue weighted by Crippen LogP contribution is -2.23. The van der Waals surface area contributed by atoms with Crippen LogP contribution in [-0.2, 0) is 11.3 Å². The standard InChI is InChI=1S/C13H13NOS/c1-3-13(15)14(2)9-11-8-10-6-4-5-7-12(10)16-11/h3-8H,1,9H2,2H3. The Labute approximate surface area is 98.8 Å². The van der Waals surface area contributed by atoms with E-state index >= 15 is 0 Å². The first-order valence-corrected chi connectivity index (χ1v) is 5.87. The van der Waals surface area contributed by atoms with Crippen molar-refractivity contribution >= 4 is 27.3 Å². The van der Waals surface area contributed by atoms with Gasteiger partial charge in [-0.25, -0.2) is 0 Å². The molecule has 0 aliphatic heterocycles. The molecule has 0 spiro atoms. The average Bonchev–Trinajstić information content (AvgIpc) is 2.69. The lowest BCUT2D eigenvalue weighted by atomic mass is 10.2. The van der Waals surface area contributed by atoms with Crippen molar-refractivity contribution in [2.45, 2.75) is 6.54 Å². The van der Waals surface area contributed by atoms with Gasteiger partial charge in [0.2, 0.25) is 5.91 Å². The Balaban J connectivity index is 2.21. The zero-order valence-corrected chi connectivity index (χ0v) is 9.96. The van der Waals surface area contributed by atoms with Crippen molar-refractivity contribution < 1.29 is 4.79 Å². The predicted octanol–water partition coefficient (Wildman–Crippen LogP) is 3.05. The van der Waals surface area contributed by atoms with E-state index < -0.39 is 0 Å². The molecule has 2 rings (SSSR count). The van der Waals surface area contributed by atoms with Gasteiger partial charge in [-0.2, -0.15) is 0 Å². The maximum Gasteiger partial charge on any atom is 0.246 e. The van der Waals surface area contributed by atoms with Gasteiger partial charge in [0.05, 0.1) is 6.54 Å². The Hall–Kier alpha value is -1.61. The monoisotopic (exact) mass is 231 g/mol. The number of benzene rings is 1. The topological polar surface area (TPSA) is 20.3 Å². The van der Waals surface area contributed by atoms with Crippen molar-refractivity contribution in [1.29, 1.82) is 0 Å². The van der Waals surface area contributed by atoms with E-state index in [0.717, 1.165) is 0 Å². The average molecular weight is 231 g/mol. The molecule has 1 amide bonds. The fourth-order valence-corrected chi connectivity index (χ4v) is 2.70. The van der Waals surface area contributed by atoms with E-state index in [4.69, 9.17) is 0 Å². The summed E-state index contributed by atoms with van der Waals surface area (Å²) in [4.78, 5) is 14.2. The van der Waals surface area contributed by atoms with Crippen LogP contribution in [0.1, 0.15) is 4.88 Å². The SMILES string of the molecule is C=CC(=O)N(C)Cc1cc2ccccc2s1. The van der Waals surface area contributed by atoms with Crippen LogP contribution in [0.5, 0.6) is 0 Å². The molecule has 0 saturated carbocycles. The molecule has 1 heterocycles. The van der Waals surface area contributed by atoms with Crippen molar-refractivity contribution in [2.75, 3.05) is 7.05 Å². The summed E-state index contributed by atoms with van der Waals surface area (Å²) in [5.41, 5.74) is 0. The van der Waals surface area contributed by atoms with Crippen LogP contribution in [0, 0.1) is 0 Å². The maximum atomic E-state index is 11.3. The second-order valence-corrected chi connectivity index (χ2v) is 4.82. The largest absolute Gasteiger partial charge is 0.337 e. The third-order valence-electron chi connectivity index (χ3n) is 2.42. The van der Waals surface area contributed by atoms with Gasteiger partial charge in [0.1, 0.15) is 0 Å². The number of hydrogen-bond donors (Lipinski definition) is 0. The highest BCUT2D eigenvalue weighted by molar-refractivity contribution is 7.19. The smallest absolute Gasteiger partial charge is 0.246 e. The van der Waals surface area contributed by atoms with Gasteiger partial charge in [0, 0.05) is 16.6 Å². The molecule has 0 atom stereocenters. The molecule has 0 aliphatic rings. The Bertz CT molecular complexity index is 496. The Kier molecular flexibility index (Phi) is 3.06. The van der Waals surface area contributed by atoms with E-state index in [1.807, 2.05) is 12.1 Å². The summed E-state index contributed by atoms with van der Waals surface area (Å²) >= 11 is 1.73. The van der Waals surface area contributed by atoms with Gasteiger partial charge in [-0.05, 0) is 23.6 Å². The number of fused-ring (bicyclic) bond motifs is 1. The summed E-state index contributed by atoms with van der Waals surface area (Å²) in [7, 11) is 1.79. The lowest BCUT2D eigenvalue weighted by molar-refractivity contribution is -0.125. The second kappa shape index (κ2) is 4.49. The summed E-state index contributed by atoms with van der Waals surface area (Å²) < 4.78 is 1.26. The molecular weight excluding hydrogens is 218 g/mol. The number of nitrogens with zero attached hydrogens (tertiary/aromatic N) is 1. The minimum absolute atomic E-state index is 0.0440. The molecule has 16 heavy (non-hydrogen) atoms. The van der Waals surface area contributed by atoms with Crippen molar-refractivity contribution in [3.8, 4) is 0 Å². The summed E-state index contributed by atoms with van der Waals surface area (Å²) in [5, 5.41) is 1.24. The van der Waals surface area contributed by atoms with Crippen LogP contribution >= 0.6 is 11.3 Å². The number of rotatable bonds is 3. The molecule has 1 aromatic carbocycles. The lowest BCUT2D eigenvalue weighted by Gasteiger charge is -2.12. The van der Waals surface area contributed by atoms with E-state index in [1.165, 1.54) is 21.0 Å². The molecule has 82 valence electrons. The van der Waals surface area contributed by atoms with Gasteiger partial charge in [-0.1, -0.05) is 24.8 Å². The molecule has 0 N–H and O–H groups in total. The number of thiophene rings is 1. The van der Waals surface area contributed by atoms with Crippen LogP contribution in [0.25, 0.3) is 10.1 Å². The molecular formula is C13H13NOS. The molecule has 0 bridgehead atoms. The van der Waals surface area contributed by atoms with Crippen molar-refractivity contribution in [3.05, 3.63) is 47.9 Å². The number of carbonyl (C=O) groups excluding carboxylic acids is 1. The van der Waals surface area contributed by atoms with Crippen LogP contribution in [0.4, 0.5) is 0 Å². The van der Waals surface area contributed by atoms with Crippen LogP contribution in [0.15, 0.2) is 43.0 Å². The number of likely N-dealkylation sites (N-methyl/N-ethyl adjacent to an activating group) is 1. The number of amides is 1. The molecule has 2 nitrogen and oxygen atoms in total. The van der Waals surface area contributed by atoms with E-state index in [9.17, 15) is 4.79 Å². The summed E-state index contributed by atoms with van der Waals surface area (Å²) in [5.74, 6) is -0.0440. The van der Waals surface area contributed by atoms with E-state index in [2.05, 4.69) is 24.8 Å². The Morgan fingerprint density at radius 3 is 2.94 bits per heavy atom. The second-order valence-electron chi connectivity index (χ2n) is 3.65. The van der Waals surface area contributed by atoms with Crippen LogP contribution in [0.2, 0.25) is 0 Å². The first-order chi connectivity index (χ1) is 7.70. The van der Waals surface area contributed by atoms with Crippen LogP contribution < -0.4 is 0 Å².